The number of aryl methyl sites for hydroxylation is 2. The van der Waals surface area contributed by atoms with E-state index < -0.39 is 6.04 Å². The number of ether oxygens (including phenoxy) is 1. The Kier molecular flexibility index (Phi) is 3.41. The molecule has 0 radical (unpaired) electrons. The summed E-state index contributed by atoms with van der Waals surface area (Å²) in [5, 5.41) is 0. The Bertz CT molecular complexity index is 458. The van der Waals surface area contributed by atoms with E-state index in [0.717, 1.165) is 12.0 Å². The van der Waals surface area contributed by atoms with Crippen molar-refractivity contribution in [2.75, 3.05) is 13.7 Å². The van der Waals surface area contributed by atoms with Gasteiger partial charge in [-0.05, 0) is 26.7 Å². The summed E-state index contributed by atoms with van der Waals surface area (Å²) in [4.78, 5) is 25.6. The van der Waals surface area contributed by atoms with E-state index in [9.17, 15) is 9.59 Å². The molecule has 2 heterocycles. The van der Waals surface area contributed by atoms with E-state index in [-0.39, 0.29) is 11.9 Å². The summed E-state index contributed by atoms with van der Waals surface area (Å²) in [7, 11) is 1.34. The maximum Gasteiger partial charge on any atom is 0.328 e. The molecule has 18 heavy (non-hydrogen) atoms. The number of furan rings is 1. The van der Waals surface area contributed by atoms with Crippen LogP contribution in [0.3, 0.4) is 0 Å². The molecule has 0 aromatic carbocycles. The quantitative estimate of drug-likeness (QED) is 0.750. The van der Waals surface area contributed by atoms with E-state index in [1.54, 1.807) is 18.1 Å². The molecule has 0 saturated carbocycles. The number of likely N-dealkylation sites (tertiary alicyclic amines) is 1. The van der Waals surface area contributed by atoms with Crippen LogP contribution < -0.4 is 0 Å². The predicted octanol–water partition coefficient (Wildman–Crippen LogP) is 1.67. The van der Waals surface area contributed by atoms with Gasteiger partial charge in [-0.15, -0.1) is 0 Å². The molecule has 0 spiro atoms. The molecule has 1 aromatic heterocycles. The lowest BCUT2D eigenvalue weighted by molar-refractivity contribution is -0.145. The van der Waals surface area contributed by atoms with Crippen LogP contribution in [0.25, 0.3) is 0 Å². The standard InChI is InChI=1S/C13H17NO4/c1-8-7-18-9(2)11(8)12(15)14-6-4-5-10(14)13(16)17-3/h7,10H,4-6H2,1-3H3. The Labute approximate surface area is 106 Å². The molecule has 1 aliphatic rings. The minimum atomic E-state index is -0.462. The van der Waals surface area contributed by atoms with Gasteiger partial charge in [0.25, 0.3) is 5.91 Å². The molecule has 5 heteroatoms. The molecule has 0 aliphatic carbocycles. The molecule has 1 saturated heterocycles. The van der Waals surface area contributed by atoms with Gasteiger partial charge in [0.1, 0.15) is 11.8 Å². The van der Waals surface area contributed by atoms with Crippen LogP contribution in [0.15, 0.2) is 10.7 Å². The van der Waals surface area contributed by atoms with Gasteiger partial charge in [0.2, 0.25) is 0 Å². The molecule has 0 N–H and O–H groups in total. The van der Waals surface area contributed by atoms with Gasteiger partial charge in [-0.3, -0.25) is 4.79 Å². The average molecular weight is 251 g/mol. The van der Waals surface area contributed by atoms with Gasteiger partial charge in [0.05, 0.1) is 18.9 Å². The molecule has 1 aromatic rings. The summed E-state index contributed by atoms with van der Waals surface area (Å²) in [5.41, 5.74) is 1.36. The fraction of sp³-hybridized carbons (Fsp3) is 0.538. The zero-order valence-corrected chi connectivity index (χ0v) is 10.9. The molecule has 0 bridgehead atoms. The Morgan fingerprint density at radius 1 is 1.44 bits per heavy atom. The van der Waals surface area contributed by atoms with Crippen LogP contribution in [0.4, 0.5) is 0 Å². The topological polar surface area (TPSA) is 59.8 Å². The number of nitrogens with zero attached hydrogens (tertiary/aromatic N) is 1. The summed E-state index contributed by atoms with van der Waals surface area (Å²) < 4.78 is 9.97. The Morgan fingerprint density at radius 3 is 2.72 bits per heavy atom. The van der Waals surface area contributed by atoms with Crippen LogP contribution in [-0.2, 0) is 9.53 Å². The summed E-state index contributed by atoms with van der Waals surface area (Å²) in [6, 6.07) is -0.462. The highest BCUT2D eigenvalue weighted by Gasteiger charge is 2.36. The van der Waals surface area contributed by atoms with Crippen molar-refractivity contribution in [3.63, 3.8) is 0 Å². The van der Waals surface area contributed by atoms with E-state index in [4.69, 9.17) is 9.15 Å². The Morgan fingerprint density at radius 2 is 2.17 bits per heavy atom. The normalized spacial score (nSPS) is 19.1. The van der Waals surface area contributed by atoms with Crippen molar-refractivity contribution in [1.82, 2.24) is 4.90 Å². The van der Waals surface area contributed by atoms with Crippen LogP contribution in [-0.4, -0.2) is 36.5 Å². The number of hydrogen-bond acceptors (Lipinski definition) is 4. The fourth-order valence-electron chi connectivity index (χ4n) is 2.43. The number of rotatable bonds is 2. The molecular weight excluding hydrogens is 234 g/mol. The minimum absolute atomic E-state index is 0.147. The first kappa shape index (κ1) is 12.7. The molecule has 1 unspecified atom stereocenters. The Hall–Kier alpha value is -1.78. The third-order valence-corrected chi connectivity index (χ3v) is 3.36. The van der Waals surface area contributed by atoms with Crippen molar-refractivity contribution in [1.29, 1.82) is 0 Å². The van der Waals surface area contributed by atoms with Gasteiger partial charge in [-0.2, -0.15) is 0 Å². The van der Waals surface area contributed by atoms with Crippen molar-refractivity contribution in [3.05, 3.63) is 23.2 Å². The summed E-state index contributed by atoms with van der Waals surface area (Å²) in [6.45, 7) is 4.17. The first-order valence-corrected chi connectivity index (χ1v) is 5.99. The number of esters is 1. The smallest absolute Gasteiger partial charge is 0.328 e. The van der Waals surface area contributed by atoms with Gasteiger partial charge >= 0.3 is 5.97 Å². The van der Waals surface area contributed by atoms with E-state index in [1.807, 2.05) is 6.92 Å². The second kappa shape index (κ2) is 4.84. The van der Waals surface area contributed by atoms with Gasteiger partial charge in [0.15, 0.2) is 0 Å². The first-order valence-electron chi connectivity index (χ1n) is 5.99. The molecule has 1 fully saturated rings. The van der Waals surface area contributed by atoms with Crippen molar-refractivity contribution < 1.29 is 18.7 Å². The number of carbonyl (C=O) groups is 2. The highest BCUT2D eigenvalue weighted by atomic mass is 16.5. The van der Waals surface area contributed by atoms with Gasteiger partial charge in [0, 0.05) is 12.1 Å². The van der Waals surface area contributed by atoms with Crippen LogP contribution in [0, 0.1) is 13.8 Å². The minimum Gasteiger partial charge on any atom is -0.469 e. The van der Waals surface area contributed by atoms with Crippen LogP contribution >= 0.6 is 0 Å². The largest absolute Gasteiger partial charge is 0.469 e. The van der Waals surface area contributed by atoms with Gasteiger partial charge in [-0.1, -0.05) is 0 Å². The van der Waals surface area contributed by atoms with E-state index in [2.05, 4.69) is 0 Å². The lowest BCUT2D eigenvalue weighted by Gasteiger charge is -2.22. The van der Waals surface area contributed by atoms with E-state index in [0.29, 0.717) is 24.3 Å². The van der Waals surface area contributed by atoms with Crippen LogP contribution in [0.5, 0.6) is 0 Å². The number of hydrogen-bond donors (Lipinski definition) is 0. The first-order chi connectivity index (χ1) is 8.56. The van der Waals surface area contributed by atoms with Crippen LogP contribution in [0.2, 0.25) is 0 Å². The maximum atomic E-state index is 12.4. The second-order valence-electron chi connectivity index (χ2n) is 4.53. The Balaban J connectivity index is 2.26. The third-order valence-electron chi connectivity index (χ3n) is 3.36. The molecule has 2 rings (SSSR count). The zero-order valence-electron chi connectivity index (χ0n) is 10.9. The highest BCUT2D eigenvalue weighted by Crippen LogP contribution is 2.24. The van der Waals surface area contributed by atoms with Crippen molar-refractivity contribution in [3.8, 4) is 0 Å². The third kappa shape index (κ3) is 2.00. The number of amides is 1. The SMILES string of the molecule is COC(=O)C1CCCN1C(=O)c1c(C)coc1C. The van der Waals surface area contributed by atoms with E-state index >= 15 is 0 Å². The van der Waals surface area contributed by atoms with Crippen molar-refractivity contribution in [2.45, 2.75) is 32.7 Å². The maximum absolute atomic E-state index is 12.4. The van der Waals surface area contributed by atoms with Crippen molar-refractivity contribution >= 4 is 11.9 Å². The van der Waals surface area contributed by atoms with Crippen molar-refractivity contribution in [2.24, 2.45) is 0 Å². The predicted molar refractivity (Wildman–Crippen MR) is 64.3 cm³/mol. The lowest BCUT2D eigenvalue weighted by Crippen LogP contribution is -2.41. The zero-order chi connectivity index (χ0) is 13.3. The number of methoxy groups -OCH3 is 1. The molecule has 1 atom stereocenters. The van der Waals surface area contributed by atoms with E-state index in [1.165, 1.54) is 7.11 Å². The molecular formula is C13H17NO4. The summed E-state index contributed by atoms with van der Waals surface area (Å²) >= 11 is 0. The monoisotopic (exact) mass is 251 g/mol. The molecule has 1 amide bonds. The summed E-state index contributed by atoms with van der Waals surface area (Å²) in [6.07, 6.45) is 3.04. The molecule has 1 aliphatic heterocycles. The lowest BCUT2D eigenvalue weighted by atomic mass is 10.1. The second-order valence-corrected chi connectivity index (χ2v) is 4.53. The molecule has 5 nitrogen and oxygen atoms in total. The summed E-state index contributed by atoms with van der Waals surface area (Å²) in [5.74, 6) is 0.0966. The van der Waals surface area contributed by atoms with Gasteiger partial charge in [-0.25, -0.2) is 4.79 Å². The molecule has 98 valence electrons. The number of carbonyl (C=O) groups excluding carboxylic acids is 2. The average Bonchev–Trinajstić information content (AvgIpc) is 2.95. The highest BCUT2D eigenvalue weighted by molar-refractivity contribution is 5.99. The van der Waals surface area contributed by atoms with Crippen LogP contribution in [0.1, 0.15) is 34.5 Å². The van der Waals surface area contributed by atoms with Gasteiger partial charge < -0.3 is 14.1 Å². The fourth-order valence-corrected chi connectivity index (χ4v) is 2.43.